The van der Waals surface area contributed by atoms with E-state index in [0.717, 1.165) is 5.56 Å². The maximum atomic E-state index is 12.1. The van der Waals surface area contributed by atoms with Crippen LogP contribution >= 0.6 is 0 Å². The zero-order valence-electron chi connectivity index (χ0n) is 11.7. The number of rotatable bonds is 4. The third-order valence-electron chi connectivity index (χ3n) is 3.46. The summed E-state index contributed by atoms with van der Waals surface area (Å²) in [6, 6.07) is 9.16. The summed E-state index contributed by atoms with van der Waals surface area (Å²) in [5, 5.41) is 0. The topological polar surface area (TPSA) is 89.7 Å². The monoisotopic (exact) mass is 290 g/mol. The smallest absolute Gasteiger partial charge is 0.404 e. The van der Waals surface area contributed by atoms with E-state index in [2.05, 4.69) is 0 Å². The first-order valence-electron chi connectivity index (χ1n) is 6.88. The molecule has 0 atom stereocenters. The number of carbonyl (C=O) groups excluding carboxylic acids is 3. The summed E-state index contributed by atoms with van der Waals surface area (Å²) >= 11 is 0. The minimum absolute atomic E-state index is 0.109. The number of amides is 2. The lowest BCUT2D eigenvalue weighted by Crippen LogP contribution is -2.45. The van der Waals surface area contributed by atoms with Crippen LogP contribution in [0.25, 0.3) is 0 Å². The van der Waals surface area contributed by atoms with Crippen LogP contribution in [0.15, 0.2) is 30.3 Å². The molecule has 112 valence electrons. The van der Waals surface area contributed by atoms with E-state index in [1.165, 1.54) is 4.90 Å². The van der Waals surface area contributed by atoms with Gasteiger partial charge in [-0.05, 0) is 5.56 Å². The molecule has 0 radical (unpaired) electrons. The number of ether oxygens (including phenoxy) is 1. The van der Waals surface area contributed by atoms with E-state index in [0.29, 0.717) is 25.9 Å². The second-order valence-corrected chi connectivity index (χ2v) is 5.01. The Balaban J connectivity index is 1.84. The summed E-state index contributed by atoms with van der Waals surface area (Å²) in [5.41, 5.74) is 5.78. The van der Waals surface area contributed by atoms with Gasteiger partial charge >= 0.3 is 6.09 Å². The molecule has 1 aliphatic rings. The number of hydrogen-bond acceptors (Lipinski definition) is 4. The Morgan fingerprint density at radius 2 is 1.76 bits per heavy atom. The Morgan fingerprint density at radius 1 is 1.14 bits per heavy atom. The van der Waals surface area contributed by atoms with E-state index in [1.807, 2.05) is 30.3 Å². The highest BCUT2D eigenvalue weighted by Gasteiger charge is 2.28. The number of nitrogens with two attached hydrogens (primary N) is 1. The highest BCUT2D eigenvalue weighted by molar-refractivity contribution is 6.36. The zero-order chi connectivity index (χ0) is 15.2. The Morgan fingerprint density at radius 3 is 2.33 bits per heavy atom. The first-order chi connectivity index (χ1) is 10.1. The van der Waals surface area contributed by atoms with Crippen molar-refractivity contribution in [2.24, 2.45) is 5.73 Å². The fourth-order valence-corrected chi connectivity index (χ4v) is 2.37. The minimum atomic E-state index is -0.806. The molecule has 1 aliphatic heterocycles. The summed E-state index contributed by atoms with van der Waals surface area (Å²) in [7, 11) is 0. The van der Waals surface area contributed by atoms with Crippen molar-refractivity contribution >= 4 is 17.8 Å². The lowest BCUT2D eigenvalue weighted by atomic mass is 10.0. The summed E-state index contributed by atoms with van der Waals surface area (Å²) < 4.78 is 4.89. The number of hydrogen-bond donors (Lipinski definition) is 1. The second kappa shape index (κ2) is 6.88. The number of nitrogens with zero attached hydrogens (tertiary/aromatic N) is 1. The van der Waals surface area contributed by atoms with Crippen molar-refractivity contribution < 1.29 is 19.1 Å². The van der Waals surface area contributed by atoms with Gasteiger partial charge in [0.15, 0.2) is 0 Å². The van der Waals surface area contributed by atoms with Crippen molar-refractivity contribution in [1.29, 1.82) is 0 Å². The molecular weight excluding hydrogens is 272 g/mol. The van der Waals surface area contributed by atoms with Crippen LogP contribution in [0.5, 0.6) is 0 Å². The van der Waals surface area contributed by atoms with Crippen molar-refractivity contribution in [2.45, 2.75) is 25.4 Å². The van der Waals surface area contributed by atoms with Gasteiger partial charge in [-0.3, -0.25) is 9.59 Å². The predicted octanol–water partition coefficient (Wildman–Crippen LogP) is 0.884. The quantitative estimate of drug-likeness (QED) is 0.834. The number of benzene rings is 1. The van der Waals surface area contributed by atoms with Crippen LogP contribution in [0.4, 0.5) is 4.79 Å². The van der Waals surface area contributed by atoms with E-state index < -0.39 is 17.8 Å². The predicted molar refractivity (Wildman–Crippen MR) is 75.4 cm³/mol. The molecule has 6 nitrogen and oxygen atoms in total. The fraction of sp³-hybridized carbons (Fsp3) is 0.400. The molecule has 1 heterocycles. The van der Waals surface area contributed by atoms with E-state index in [-0.39, 0.29) is 12.5 Å². The molecule has 21 heavy (non-hydrogen) atoms. The Labute approximate surface area is 122 Å². The summed E-state index contributed by atoms with van der Waals surface area (Å²) in [5.74, 6) is -0.896. The van der Waals surface area contributed by atoms with Crippen molar-refractivity contribution in [3.05, 3.63) is 35.9 Å². The van der Waals surface area contributed by atoms with Gasteiger partial charge < -0.3 is 15.4 Å². The highest BCUT2D eigenvalue weighted by Crippen LogP contribution is 2.14. The number of carbonyl (C=O) groups is 3. The molecule has 6 heteroatoms. The van der Waals surface area contributed by atoms with Gasteiger partial charge in [-0.2, -0.15) is 0 Å². The Kier molecular flexibility index (Phi) is 4.92. The van der Waals surface area contributed by atoms with Crippen molar-refractivity contribution in [2.75, 3.05) is 13.1 Å². The average Bonchev–Trinajstić information content (AvgIpc) is 2.47. The maximum Gasteiger partial charge on any atom is 0.404 e. The summed E-state index contributed by atoms with van der Waals surface area (Å²) in [4.78, 5) is 36.2. The van der Waals surface area contributed by atoms with Crippen LogP contribution in [-0.2, 0) is 20.7 Å². The van der Waals surface area contributed by atoms with Crippen LogP contribution in [-0.4, -0.2) is 41.9 Å². The van der Waals surface area contributed by atoms with Crippen LogP contribution in [0.3, 0.4) is 0 Å². The zero-order valence-corrected chi connectivity index (χ0v) is 11.7. The first-order valence-corrected chi connectivity index (χ1v) is 6.88. The second-order valence-electron chi connectivity index (χ2n) is 5.01. The van der Waals surface area contributed by atoms with E-state index in [1.54, 1.807) is 0 Å². The number of primary amides is 1. The Hall–Kier alpha value is -2.37. The maximum absolute atomic E-state index is 12.1. The number of piperidine rings is 1. The molecule has 1 saturated heterocycles. The van der Waals surface area contributed by atoms with E-state index >= 15 is 0 Å². The molecule has 1 fully saturated rings. The highest BCUT2D eigenvalue weighted by atomic mass is 16.6. The molecule has 0 aromatic heterocycles. The molecule has 2 rings (SSSR count). The van der Waals surface area contributed by atoms with Crippen LogP contribution in [0, 0.1) is 0 Å². The normalized spacial score (nSPS) is 15.5. The van der Waals surface area contributed by atoms with Gasteiger partial charge in [-0.25, -0.2) is 4.79 Å². The Bertz CT molecular complexity index is 522. The molecule has 2 amide bonds. The first kappa shape index (κ1) is 15.0. The number of ketones is 1. The standard InChI is InChI=1S/C15H18N2O4/c16-15(20)21-12-6-8-17(9-7-12)14(19)13(18)10-11-4-2-1-3-5-11/h1-5,12H,6-10H2,(H2,16,20). The van der Waals surface area contributed by atoms with Gasteiger partial charge in [0.25, 0.3) is 5.91 Å². The van der Waals surface area contributed by atoms with Crippen LogP contribution in [0.1, 0.15) is 18.4 Å². The van der Waals surface area contributed by atoms with Crippen LogP contribution < -0.4 is 5.73 Å². The molecule has 2 N–H and O–H groups in total. The fourth-order valence-electron chi connectivity index (χ4n) is 2.37. The van der Waals surface area contributed by atoms with Gasteiger partial charge in [0.05, 0.1) is 0 Å². The van der Waals surface area contributed by atoms with E-state index in [9.17, 15) is 14.4 Å². The number of Topliss-reactive ketones (excluding diaryl/α,β-unsaturated/α-hetero) is 1. The van der Waals surface area contributed by atoms with Gasteiger partial charge in [0.2, 0.25) is 5.78 Å². The molecule has 0 saturated carbocycles. The third kappa shape index (κ3) is 4.30. The molecule has 0 aliphatic carbocycles. The van der Waals surface area contributed by atoms with Gasteiger partial charge in [-0.1, -0.05) is 30.3 Å². The van der Waals surface area contributed by atoms with E-state index in [4.69, 9.17) is 10.5 Å². The molecule has 1 aromatic rings. The van der Waals surface area contributed by atoms with Gasteiger partial charge in [0.1, 0.15) is 6.10 Å². The average molecular weight is 290 g/mol. The van der Waals surface area contributed by atoms with Crippen molar-refractivity contribution in [3.63, 3.8) is 0 Å². The lowest BCUT2D eigenvalue weighted by molar-refractivity contribution is -0.145. The van der Waals surface area contributed by atoms with Gasteiger partial charge in [0, 0.05) is 32.4 Å². The molecule has 0 bridgehead atoms. The minimum Gasteiger partial charge on any atom is -0.446 e. The molecule has 0 unspecified atom stereocenters. The molecule has 1 aromatic carbocycles. The SMILES string of the molecule is NC(=O)OC1CCN(C(=O)C(=O)Cc2ccccc2)CC1. The van der Waals surface area contributed by atoms with Crippen LogP contribution in [0.2, 0.25) is 0 Å². The third-order valence-corrected chi connectivity index (χ3v) is 3.46. The van der Waals surface area contributed by atoms with Gasteiger partial charge in [-0.15, -0.1) is 0 Å². The molecule has 0 spiro atoms. The molecular formula is C15H18N2O4. The summed E-state index contributed by atoms with van der Waals surface area (Å²) in [6.45, 7) is 0.800. The van der Waals surface area contributed by atoms with Crippen molar-refractivity contribution in [3.8, 4) is 0 Å². The lowest BCUT2D eigenvalue weighted by Gasteiger charge is -2.30. The largest absolute Gasteiger partial charge is 0.446 e. The number of likely N-dealkylation sites (tertiary alicyclic amines) is 1. The summed E-state index contributed by atoms with van der Waals surface area (Å²) in [6.07, 6.45) is 0.0496. The van der Waals surface area contributed by atoms with Crippen molar-refractivity contribution in [1.82, 2.24) is 4.90 Å².